The summed E-state index contributed by atoms with van der Waals surface area (Å²) in [5.41, 5.74) is 2.36. The molecule has 2 N–H and O–H groups in total. The molecule has 234 valence electrons. The number of alkyl halides is 2. The first-order valence-corrected chi connectivity index (χ1v) is 15.4. The van der Waals surface area contributed by atoms with Crippen LogP contribution in [-0.2, 0) is 14.4 Å². The van der Waals surface area contributed by atoms with Crippen LogP contribution >= 0.6 is 0 Å². The topological polar surface area (TPSA) is 81.8 Å². The number of halogens is 2. The minimum Gasteiger partial charge on any atom is -0.359 e. The van der Waals surface area contributed by atoms with Gasteiger partial charge >= 0.3 is 0 Å². The van der Waals surface area contributed by atoms with Gasteiger partial charge in [0.15, 0.2) is 0 Å². The molecule has 6 rings (SSSR count). The number of hydrogen-bond acceptors (Lipinski definition) is 5. The molecule has 0 radical (unpaired) electrons. The van der Waals surface area contributed by atoms with E-state index in [0.29, 0.717) is 42.1 Å². The molecule has 2 amide bonds. The maximum absolute atomic E-state index is 16.0. The predicted octanol–water partition coefficient (Wildman–Crippen LogP) is 5.53. The van der Waals surface area contributed by atoms with Crippen LogP contribution in [0, 0.1) is 0 Å². The zero-order valence-corrected chi connectivity index (χ0v) is 25.2. The number of carbonyl (C=O) groups excluding carboxylic acids is 3. The van der Waals surface area contributed by atoms with Crippen molar-refractivity contribution in [1.82, 2.24) is 10.2 Å². The summed E-state index contributed by atoms with van der Waals surface area (Å²) in [5.74, 6) is -2.09. The molecule has 0 saturated carbocycles. The molecule has 3 aliphatic rings. The minimum atomic E-state index is -3.31. The van der Waals surface area contributed by atoms with Crippen LogP contribution in [0.5, 0.6) is 0 Å². The first-order chi connectivity index (χ1) is 22.4. The smallest absolute Gasteiger partial charge is 0.275 e. The van der Waals surface area contributed by atoms with Crippen molar-refractivity contribution in [1.29, 1.82) is 0 Å². The van der Waals surface area contributed by atoms with Gasteiger partial charge < -0.3 is 20.4 Å². The van der Waals surface area contributed by atoms with Gasteiger partial charge in [-0.1, -0.05) is 78.9 Å². The van der Waals surface area contributed by atoms with Crippen molar-refractivity contribution in [2.24, 2.45) is 0 Å². The van der Waals surface area contributed by atoms with E-state index < -0.39 is 30.2 Å². The van der Waals surface area contributed by atoms with E-state index in [2.05, 4.69) is 16.6 Å². The van der Waals surface area contributed by atoms with Crippen molar-refractivity contribution in [3.63, 3.8) is 0 Å². The number of nitrogens with zero attached hydrogens (tertiary/aromatic N) is 2. The third-order valence-corrected chi connectivity index (χ3v) is 8.55. The standard InChI is InChI=1S/C37H34F2N4O3/c38-37(39)18-22-43(32-15-8-7-14-28(32)31(37)24-34(45)42-21-9-19-40-20-23-42)33-17-16-29(36(46)41-27-12-5-2-6-13-27)35(30(33)25-44)26-10-3-1-4-11-26/h1-8,10-17,24,33,40H,9,18-23H2,(H,41,46). The van der Waals surface area contributed by atoms with Crippen LogP contribution in [0.2, 0.25) is 0 Å². The number of fused-ring (bicyclic) bond motifs is 1. The maximum Gasteiger partial charge on any atom is 0.275 e. The fourth-order valence-electron chi connectivity index (χ4n) is 6.27. The van der Waals surface area contributed by atoms with Crippen molar-refractivity contribution in [3.8, 4) is 0 Å². The second-order valence-corrected chi connectivity index (χ2v) is 11.4. The second-order valence-electron chi connectivity index (χ2n) is 11.4. The summed E-state index contributed by atoms with van der Waals surface area (Å²) in [6.45, 7) is 2.19. The van der Waals surface area contributed by atoms with Gasteiger partial charge in [0.05, 0.1) is 11.6 Å². The van der Waals surface area contributed by atoms with E-state index in [1.54, 1.807) is 94.7 Å². The lowest BCUT2D eigenvalue weighted by molar-refractivity contribution is -0.125. The van der Waals surface area contributed by atoms with Crippen molar-refractivity contribution < 1.29 is 23.2 Å². The van der Waals surface area contributed by atoms with Crippen LogP contribution in [0.1, 0.15) is 24.0 Å². The SMILES string of the molecule is O=C=C1C(c2ccccc2)=C(C(=O)Nc2ccccc2)C=CC1N1CCC(F)(F)C(=CC(=O)N2CCCNCC2)c2ccccc21. The number of nitrogens with one attached hydrogen (secondary N) is 2. The Kier molecular flexibility index (Phi) is 9.06. The van der Waals surface area contributed by atoms with Gasteiger partial charge in [0, 0.05) is 72.3 Å². The largest absolute Gasteiger partial charge is 0.359 e. The second kappa shape index (κ2) is 13.5. The van der Waals surface area contributed by atoms with Crippen LogP contribution in [0.3, 0.4) is 0 Å². The Bertz CT molecular complexity index is 1750. The molecule has 7 nitrogen and oxygen atoms in total. The Labute approximate surface area is 266 Å². The van der Waals surface area contributed by atoms with Crippen molar-refractivity contribution in [3.05, 3.63) is 125 Å². The lowest BCUT2D eigenvalue weighted by Crippen LogP contribution is -2.39. The number of amides is 2. The third kappa shape index (κ3) is 6.33. The molecule has 0 spiro atoms. The number of para-hydroxylation sites is 2. The first kappa shape index (κ1) is 30.9. The molecule has 2 heterocycles. The molecule has 3 aromatic rings. The summed E-state index contributed by atoms with van der Waals surface area (Å²) < 4.78 is 32.0. The van der Waals surface area contributed by atoms with Crippen LogP contribution < -0.4 is 15.5 Å². The fourth-order valence-corrected chi connectivity index (χ4v) is 6.27. The van der Waals surface area contributed by atoms with Crippen LogP contribution in [-0.4, -0.2) is 67.3 Å². The van der Waals surface area contributed by atoms with Crippen LogP contribution in [0.15, 0.2) is 114 Å². The Balaban J connectivity index is 1.41. The van der Waals surface area contributed by atoms with E-state index in [1.165, 1.54) is 0 Å². The zero-order valence-electron chi connectivity index (χ0n) is 25.2. The van der Waals surface area contributed by atoms with Gasteiger partial charge in [-0.2, -0.15) is 0 Å². The fraction of sp³-hybridized carbons (Fsp3) is 0.243. The van der Waals surface area contributed by atoms with Gasteiger partial charge in [-0.25, -0.2) is 13.6 Å². The van der Waals surface area contributed by atoms with Gasteiger partial charge in [0.2, 0.25) is 5.91 Å². The molecule has 0 aromatic heterocycles. The Morgan fingerprint density at radius 1 is 0.913 bits per heavy atom. The number of benzene rings is 3. The highest BCUT2D eigenvalue weighted by Gasteiger charge is 2.43. The van der Waals surface area contributed by atoms with E-state index in [0.717, 1.165) is 19.0 Å². The van der Waals surface area contributed by atoms with Gasteiger partial charge in [0.1, 0.15) is 5.94 Å². The molecule has 9 heteroatoms. The average Bonchev–Trinajstić information content (AvgIpc) is 3.42. The lowest BCUT2D eigenvalue weighted by atomic mass is 9.84. The zero-order chi connectivity index (χ0) is 32.1. The van der Waals surface area contributed by atoms with Crippen LogP contribution in [0.25, 0.3) is 11.1 Å². The molecular weight excluding hydrogens is 586 g/mol. The number of carbonyl (C=O) groups is 2. The Morgan fingerprint density at radius 3 is 2.39 bits per heavy atom. The summed E-state index contributed by atoms with van der Waals surface area (Å²) >= 11 is 0. The highest BCUT2D eigenvalue weighted by molar-refractivity contribution is 6.15. The monoisotopic (exact) mass is 620 g/mol. The van der Waals surface area contributed by atoms with E-state index in [-0.39, 0.29) is 28.8 Å². The van der Waals surface area contributed by atoms with Gasteiger partial charge in [-0.15, -0.1) is 0 Å². The molecule has 1 fully saturated rings. The third-order valence-electron chi connectivity index (χ3n) is 8.55. The number of hydrogen-bond donors (Lipinski definition) is 2. The van der Waals surface area contributed by atoms with Gasteiger partial charge in [0.25, 0.3) is 11.8 Å². The molecule has 1 aliphatic carbocycles. The molecule has 1 atom stereocenters. The maximum atomic E-state index is 16.0. The molecule has 2 aliphatic heterocycles. The molecule has 3 aromatic carbocycles. The summed E-state index contributed by atoms with van der Waals surface area (Å²) in [5, 5.41) is 6.12. The molecule has 1 saturated heterocycles. The van der Waals surface area contributed by atoms with Gasteiger partial charge in [-0.05, 0) is 36.7 Å². The van der Waals surface area contributed by atoms with E-state index in [9.17, 15) is 14.4 Å². The van der Waals surface area contributed by atoms with Crippen molar-refractivity contribution in [2.75, 3.05) is 42.9 Å². The van der Waals surface area contributed by atoms with Crippen molar-refractivity contribution >= 4 is 40.3 Å². The Hall–Kier alpha value is -5.11. The van der Waals surface area contributed by atoms with Crippen molar-refractivity contribution in [2.45, 2.75) is 24.8 Å². The molecule has 1 unspecified atom stereocenters. The number of rotatable bonds is 5. The van der Waals surface area contributed by atoms with E-state index >= 15 is 8.78 Å². The molecule has 46 heavy (non-hydrogen) atoms. The summed E-state index contributed by atoms with van der Waals surface area (Å²) in [4.78, 5) is 43.1. The van der Waals surface area contributed by atoms with Crippen LogP contribution in [0.4, 0.5) is 20.2 Å². The Morgan fingerprint density at radius 2 is 1.63 bits per heavy atom. The summed E-state index contributed by atoms with van der Waals surface area (Å²) in [6, 6.07) is 24.0. The molecular formula is C37H34F2N4O3. The number of anilines is 2. The molecule has 0 bridgehead atoms. The first-order valence-electron chi connectivity index (χ1n) is 15.4. The normalized spacial score (nSPS) is 20.4. The van der Waals surface area contributed by atoms with E-state index in [4.69, 9.17) is 0 Å². The summed E-state index contributed by atoms with van der Waals surface area (Å²) in [7, 11) is 0. The highest BCUT2D eigenvalue weighted by Crippen LogP contribution is 2.46. The highest BCUT2D eigenvalue weighted by atomic mass is 19.3. The summed E-state index contributed by atoms with van der Waals surface area (Å²) in [6.07, 6.45) is 4.58. The quantitative estimate of drug-likeness (QED) is 0.290. The number of allylic oxidation sites excluding steroid dienone is 1. The minimum absolute atomic E-state index is 0.114. The average molecular weight is 621 g/mol. The lowest BCUT2D eigenvalue weighted by Gasteiger charge is -2.35. The van der Waals surface area contributed by atoms with Gasteiger partial charge in [-0.3, -0.25) is 9.59 Å². The predicted molar refractivity (Wildman–Crippen MR) is 176 cm³/mol. The van der Waals surface area contributed by atoms with E-state index in [1.807, 2.05) is 12.1 Å².